The minimum absolute atomic E-state index is 0.147. The molecule has 2 heterocycles. The molecule has 1 atom stereocenters. The van der Waals surface area contributed by atoms with Crippen LogP contribution in [0.3, 0.4) is 0 Å². The highest BCUT2D eigenvalue weighted by atomic mass is 35.5. The molecule has 0 bridgehead atoms. The monoisotopic (exact) mass is 347 g/mol. The zero-order valence-electron chi connectivity index (χ0n) is 12.2. The first-order valence-corrected chi connectivity index (χ1v) is 7.67. The van der Waals surface area contributed by atoms with Crippen molar-refractivity contribution in [2.75, 3.05) is 4.90 Å². The zero-order chi connectivity index (χ0) is 16.6. The topological polar surface area (TPSA) is 57.5 Å². The molecule has 1 saturated heterocycles. The van der Waals surface area contributed by atoms with Crippen molar-refractivity contribution in [3.8, 4) is 0 Å². The van der Waals surface area contributed by atoms with Gasteiger partial charge in [-0.2, -0.15) is 0 Å². The number of nitrogens with zero attached hydrogens (tertiary/aromatic N) is 2. The van der Waals surface area contributed by atoms with E-state index in [4.69, 9.17) is 23.8 Å². The summed E-state index contributed by atoms with van der Waals surface area (Å²) >= 11 is 11.1. The Morgan fingerprint density at radius 1 is 1.30 bits per heavy atom. The van der Waals surface area contributed by atoms with E-state index in [0.29, 0.717) is 10.7 Å². The van der Waals surface area contributed by atoms with Crippen LogP contribution in [0.2, 0.25) is 5.02 Å². The normalized spacial score (nSPS) is 20.0. The smallest absolute Gasteiger partial charge is 0.265 e. The van der Waals surface area contributed by atoms with Crippen LogP contribution in [0.4, 0.5) is 5.69 Å². The molecule has 0 aliphatic carbocycles. The van der Waals surface area contributed by atoms with Gasteiger partial charge >= 0.3 is 0 Å². The maximum Gasteiger partial charge on any atom is 0.265 e. The molecule has 0 radical (unpaired) electrons. The molecule has 118 valence electrons. The second-order valence-electron chi connectivity index (χ2n) is 5.11. The van der Waals surface area contributed by atoms with Crippen LogP contribution in [0.1, 0.15) is 5.69 Å². The number of aromatic nitrogens is 1. The number of rotatable bonds is 2. The third-order valence-corrected chi connectivity index (χ3v) is 4.13. The van der Waals surface area contributed by atoms with Crippen LogP contribution in [-0.2, 0) is 11.8 Å². The van der Waals surface area contributed by atoms with Crippen molar-refractivity contribution in [1.29, 1.82) is 0 Å². The molecule has 1 aromatic heterocycles. The fourth-order valence-corrected chi connectivity index (χ4v) is 2.77. The van der Waals surface area contributed by atoms with Gasteiger partial charge < -0.3 is 15.0 Å². The maximum atomic E-state index is 12.8. The molecule has 0 spiro atoms. The number of aliphatic hydroxyl groups excluding tert-OH is 1. The SMILES string of the molecule is Cn1cccc1C=C1C(=O)N(c2ccc(Cl)cc2)C(=S)N[C@@H]1O. The number of carbonyl (C=O) groups is 1. The first kappa shape index (κ1) is 15.7. The van der Waals surface area contributed by atoms with Crippen LogP contribution < -0.4 is 10.2 Å². The number of thiocarbonyl (C=S) groups is 1. The third-order valence-electron chi connectivity index (χ3n) is 3.58. The van der Waals surface area contributed by atoms with E-state index in [9.17, 15) is 9.90 Å². The van der Waals surface area contributed by atoms with E-state index in [2.05, 4.69) is 5.32 Å². The van der Waals surface area contributed by atoms with Crippen LogP contribution in [0.5, 0.6) is 0 Å². The summed E-state index contributed by atoms with van der Waals surface area (Å²) in [5, 5.41) is 13.6. The van der Waals surface area contributed by atoms with Gasteiger partial charge in [-0.3, -0.25) is 9.69 Å². The van der Waals surface area contributed by atoms with Crippen LogP contribution in [0.15, 0.2) is 48.2 Å². The Kier molecular flexibility index (Phi) is 4.21. The standard InChI is InChI=1S/C16H14ClN3O2S/c1-19-8-2-3-12(19)9-13-14(21)18-16(23)20(15(13)22)11-6-4-10(17)5-7-11/h2-9,14,21H,1H3,(H,18,23)/t14-/m1/s1. The van der Waals surface area contributed by atoms with Gasteiger partial charge in [0.1, 0.15) is 0 Å². The van der Waals surface area contributed by atoms with Crippen LogP contribution >= 0.6 is 23.8 Å². The molecule has 23 heavy (non-hydrogen) atoms. The summed E-state index contributed by atoms with van der Waals surface area (Å²) < 4.78 is 1.85. The van der Waals surface area contributed by atoms with Crippen molar-refractivity contribution in [2.45, 2.75) is 6.23 Å². The van der Waals surface area contributed by atoms with E-state index in [1.54, 1.807) is 30.3 Å². The van der Waals surface area contributed by atoms with Crippen LogP contribution in [-0.4, -0.2) is 26.9 Å². The van der Waals surface area contributed by atoms with Crippen molar-refractivity contribution in [1.82, 2.24) is 9.88 Å². The van der Waals surface area contributed by atoms with Crippen molar-refractivity contribution in [3.63, 3.8) is 0 Å². The third kappa shape index (κ3) is 3.01. The number of carbonyl (C=O) groups excluding carboxylic acids is 1. The molecular formula is C16H14ClN3O2S. The summed E-state index contributed by atoms with van der Waals surface area (Å²) in [6.45, 7) is 0. The van der Waals surface area contributed by atoms with E-state index in [1.807, 2.05) is 29.9 Å². The molecule has 1 aliphatic heterocycles. The Hall–Kier alpha value is -2.15. The van der Waals surface area contributed by atoms with Crippen molar-refractivity contribution in [2.24, 2.45) is 7.05 Å². The number of halogens is 1. The number of hydrogen-bond acceptors (Lipinski definition) is 3. The van der Waals surface area contributed by atoms with E-state index in [1.165, 1.54) is 4.90 Å². The molecule has 7 heteroatoms. The van der Waals surface area contributed by atoms with Crippen LogP contribution in [0.25, 0.3) is 6.08 Å². The molecule has 1 fully saturated rings. The maximum absolute atomic E-state index is 12.8. The molecular weight excluding hydrogens is 334 g/mol. The number of amides is 1. The first-order chi connectivity index (χ1) is 11.0. The lowest BCUT2D eigenvalue weighted by Crippen LogP contribution is -2.56. The highest BCUT2D eigenvalue weighted by molar-refractivity contribution is 7.80. The predicted octanol–water partition coefficient (Wildman–Crippen LogP) is 2.30. The van der Waals surface area contributed by atoms with Gasteiger partial charge in [0.2, 0.25) is 0 Å². The van der Waals surface area contributed by atoms with Gasteiger partial charge in [0.15, 0.2) is 11.3 Å². The predicted molar refractivity (Wildman–Crippen MR) is 94.1 cm³/mol. The molecule has 2 aromatic rings. The quantitative estimate of drug-likeness (QED) is 0.646. The molecule has 1 aliphatic rings. The number of benzene rings is 1. The van der Waals surface area contributed by atoms with Gasteiger partial charge in [0, 0.05) is 24.0 Å². The molecule has 1 aromatic carbocycles. The molecule has 0 saturated carbocycles. The average molecular weight is 348 g/mol. The summed E-state index contributed by atoms with van der Waals surface area (Å²) in [5.74, 6) is -0.371. The molecule has 5 nitrogen and oxygen atoms in total. The Morgan fingerprint density at radius 2 is 2.00 bits per heavy atom. The number of anilines is 1. The lowest BCUT2D eigenvalue weighted by molar-refractivity contribution is -0.115. The summed E-state index contributed by atoms with van der Waals surface area (Å²) in [4.78, 5) is 14.1. The Balaban J connectivity index is 2.00. The Morgan fingerprint density at radius 3 is 2.61 bits per heavy atom. The number of aryl methyl sites for hydroxylation is 1. The lowest BCUT2D eigenvalue weighted by atomic mass is 10.1. The van der Waals surface area contributed by atoms with Gasteiger partial charge in [0.25, 0.3) is 5.91 Å². The second kappa shape index (κ2) is 6.16. The van der Waals surface area contributed by atoms with Crippen LogP contribution in [0, 0.1) is 0 Å². The van der Waals surface area contributed by atoms with Gasteiger partial charge in [-0.15, -0.1) is 0 Å². The zero-order valence-corrected chi connectivity index (χ0v) is 13.8. The highest BCUT2D eigenvalue weighted by Crippen LogP contribution is 2.24. The average Bonchev–Trinajstić information content (AvgIpc) is 2.90. The molecule has 1 amide bonds. The first-order valence-electron chi connectivity index (χ1n) is 6.89. The van der Waals surface area contributed by atoms with Gasteiger partial charge in [-0.1, -0.05) is 11.6 Å². The Bertz CT molecular complexity index is 798. The number of aliphatic hydroxyl groups is 1. The number of hydrogen-bond donors (Lipinski definition) is 2. The van der Waals surface area contributed by atoms with Gasteiger partial charge in [-0.25, -0.2) is 0 Å². The van der Waals surface area contributed by atoms with Gasteiger partial charge in [-0.05, 0) is 54.7 Å². The minimum Gasteiger partial charge on any atom is -0.369 e. The van der Waals surface area contributed by atoms with Crippen molar-refractivity contribution in [3.05, 3.63) is 58.9 Å². The van der Waals surface area contributed by atoms with Crippen molar-refractivity contribution < 1.29 is 9.90 Å². The molecule has 2 N–H and O–H groups in total. The summed E-state index contributed by atoms with van der Waals surface area (Å²) in [5.41, 5.74) is 1.61. The van der Waals surface area contributed by atoms with Crippen molar-refractivity contribution >= 4 is 46.6 Å². The summed E-state index contributed by atoms with van der Waals surface area (Å²) in [6.07, 6.45) is 2.36. The minimum atomic E-state index is -1.14. The van der Waals surface area contributed by atoms with E-state index in [-0.39, 0.29) is 16.6 Å². The van der Waals surface area contributed by atoms with E-state index in [0.717, 1.165) is 5.69 Å². The fourth-order valence-electron chi connectivity index (χ4n) is 2.35. The van der Waals surface area contributed by atoms with E-state index >= 15 is 0 Å². The number of nitrogens with one attached hydrogen (secondary N) is 1. The second-order valence-corrected chi connectivity index (χ2v) is 5.94. The summed E-state index contributed by atoms with van der Waals surface area (Å²) in [7, 11) is 1.86. The summed E-state index contributed by atoms with van der Waals surface area (Å²) in [6, 6.07) is 10.5. The Labute approximate surface area is 143 Å². The highest BCUT2D eigenvalue weighted by Gasteiger charge is 2.34. The largest absolute Gasteiger partial charge is 0.369 e. The fraction of sp³-hybridized carbons (Fsp3) is 0.125. The molecule has 3 rings (SSSR count). The molecule has 0 unspecified atom stereocenters. The van der Waals surface area contributed by atoms with E-state index < -0.39 is 6.23 Å². The lowest BCUT2D eigenvalue weighted by Gasteiger charge is -2.33. The van der Waals surface area contributed by atoms with Gasteiger partial charge in [0.05, 0.1) is 11.3 Å².